The van der Waals surface area contributed by atoms with E-state index in [1.54, 1.807) is 12.1 Å². The van der Waals surface area contributed by atoms with E-state index in [2.05, 4.69) is 18.2 Å². The minimum absolute atomic E-state index is 0.335. The van der Waals surface area contributed by atoms with E-state index in [0.29, 0.717) is 22.1 Å². The average molecular weight is 515 g/mol. The molecule has 0 saturated carbocycles. The van der Waals surface area contributed by atoms with Crippen LogP contribution >= 0.6 is 23.5 Å². The normalized spacial score (nSPS) is 11.6. The smallest absolute Gasteiger partial charge is 0.173 e. The second kappa shape index (κ2) is 9.11. The lowest BCUT2D eigenvalue weighted by Crippen LogP contribution is -2.06. The summed E-state index contributed by atoms with van der Waals surface area (Å²) in [6.45, 7) is 0. The average Bonchev–Trinajstić information content (AvgIpc) is 3.46. The monoisotopic (exact) mass is 514 g/mol. The van der Waals surface area contributed by atoms with E-state index in [-0.39, 0.29) is 11.6 Å². The Labute approximate surface area is 215 Å². The molecular weight excluding hydrogens is 494 g/mol. The van der Waals surface area contributed by atoms with E-state index in [1.165, 1.54) is 47.8 Å². The number of hydrogen-bond acceptors (Lipinski definition) is 4. The van der Waals surface area contributed by atoms with Crippen LogP contribution in [-0.4, -0.2) is 31.6 Å². The van der Waals surface area contributed by atoms with Crippen LogP contribution in [0, 0.1) is 11.6 Å². The van der Waals surface area contributed by atoms with Gasteiger partial charge in [0.05, 0.1) is 33.4 Å². The van der Waals surface area contributed by atoms with Crippen LogP contribution in [0.15, 0.2) is 95.2 Å². The Balaban J connectivity index is 1.73. The molecule has 4 nitrogen and oxygen atoms in total. The first-order chi connectivity index (χ1) is 17.6. The van der Waals surface area contributed by atoms with Gasteiger partial charge in [0, 0.05) is 12.1 Å². The standard InChI is InChI=1S/C28H20F2N4S2/c1-35-27-31-21-11-9-19(29)15-24(21)33(27)23-13-8-18(17-6-4-3-5-7-17)14-26(23)34-25-16-20(30)10-12-22(25)32-28(34)36-2/h3-16H,1-2H3. The summed E-state index contributed by atoms with van der Waals surface area (Å²) >= 11 is 2.97. The lowest BCUT2D eigenvalue weighted by molar-refractivity contribution is 0.628. The summed E-state index contributed by atoms with van der Waals surface area (Å²) in [6, 6.07) is 25.4. The third-order valence-corrected chi connectivity index (χ3v) is 7.38. The van der Waals surface area contributed by atoms with Gasteiger partial charge in [0.2, 0.25) is 0 Å². The van der Waals surface area contributed by atoms with Crippen molar-refractivity contribution < 1.29 is 8.78 Å². The molecule has 0 atom stereocenters. The summed E-state index contributed by atoms with van der Waals surface area (Å²) in [4.78, 5) is 9.50. The summed E-state index contributed by atoms with van der Waals surface area (Å²) in [5.74, 6) is -0.671. The summed E-state index contributed by atoms with van der Waals surface area (Å²) in [5, 5.41) is 1.45. The summed E-state index contributed by atoms with van der Waals surface area (Å²) in [5.41, 5.74) is 6.37. The molecule has 2 heterocycles. The van der Waals surface area contributed by atoms with Crippen LogP contribution in [-0.2, 0) is 0 Å². The van der Waals surface area contributed by atoms with Crippen molar-refractivity contribution in [1.29, 1.82) is 0 Å². The summed E-state index contributed by atoms with van der Waals surface area (Å²) < 4.78 is 32.7. The highest BCUT2D eigenvalue weighted by molar-refractivity contribution is 7.98. The van der Waals surface area contributed by atoms with Crippen LogP contribution in [0.25, 0.3) is 44.6 Å². The van der Waals surface area contributed by atoms with Crippen molar-refractivity contribution in [3.63, 3.8) is 0 Å². The molecule has 0 saturated heterocycles. The Bertz CT molecular complexity index is 1740. The number of benzene rings is 4. The molecule has 0 aliphatic rings. The molecule has 2 aromatic heterocycles. The van der Waals surface area contributed by atoms with Crippen LogP contribution in [0.3, 0.4) is 0 Å². The first-order valence-corrected chi connectivity index (χ1v) is 13.7. The van der Waals surface area contributed by atoms with Crippen LogP contribution in [0.2, 0.25) is 0 Å². The van der Waals surface area contributed by atoms with Gasteiger partial charge in [-0.15, -0.1) is 0 Å². The van der Waals surface area contributed by atoms with Crippen molar-refractivity contribution in [2.75, 3.05) is 12.5 Å². The largest absolute Gasteiger partial charge is 0.285 e. The predicted molar refractivity (Wildman–Crippen MR) is 145 cm³/mol. The molecule has 4 aromatic carbocycles. The van der Waals surface area contributed by atoms with E-state index in [4.69, 9.17) is 9.97 Å². The van der Waals surface area contributed by atoms with Gasteiger partial charge in [-0.3, -0.25) is 9.13 Å². The number of rotatable bonds is 5. The zero-order valence-corrected chi connectivity index (χ0v) is 21.1. The van der Waals surface area contributed by atoms with E-state index in [0.717, 1.165) is 32.8 Å². The zero-order valence-electron chi connectivity index (χ0n) is 19.4. The quantitative estimate of drug-likeness (QED) is 0.220. The number of hydrogen-bond donors (Lipinski definition) is 0. The molecule has 0 radical (unpaired) electrons. The van der Waals surface area contributed by atoms with Gasteiger partial charge in [-0.25, -0.2) is 18.7 Å². The van der Waals surface area contributed by atoms with E-state index >= 15 is 0 Å². The second-order valence-electron chi connectivity index (χ2n) is 8.20. The van der Waals surface area contributed by atoms with Gasteiger partial charge in [0.1, 0.15) is 11.6 Å². The van der Waals surface area contributed by atoms with Gasteiger partial charge in [0.25, 0.3) is 0 Å². The Morgan fingerprint density at radius 1 is 0.583 bits per heavy atom. The number of aromatic nitrogens is 4. The molecule has 0 bridgehead atoms. The molecule has 0 aliphatic carbocycles. The van der Waals surface area contributed by atoms with E-state index < -0.39 is 0 Å². The molecule has 0 amide bonds. The highest BCUT2D eigenvalue weighted by Gasteiger charge is 2.21. The maximum Gasteiger partial charge on any atom is 0.173 e. The first-order valence-electron chi connectivity index (χ1n) is 11.2. The van der Waals surface area contributed by atoms with Crippen LogP contribution in [0.5, 0.6) is 0 Å². The van der Waals surface area contributed by atoms with Crippen molar-refractivity contribution in [1.82, 2.24) is 19.1 Å². The molecule has 8 heteroatoms. The van der Waals surface area contributed by atoms with E-state index in [9.17, 15) is 8.78 Å². The maximum atomic E-state index is 14.4. The van der Waals surface area contributed by atoms with Crippen LogP contribution < -0.4 is 0 Å². The molecule has 0 unspecified atom stereocenters. The lowest BCUT2D eigenvalue weighted by atomic mass is 10.0. The predicted octanol–water partition coefficient (Wildman–Crippen LogP) is 7.75. The summed E-state index contributed by atoms with van der Waals surface area (Å²) in [6.07, 6.45) is 3.89. The molecule has 0 fully saturated rings. The van der Waals surface area contributed by atoms with Gasteiger partial charge in [-0.05, 0) is 60.0 Å². The van der Waals surface area contributed by atoms with Gasteiger partial charge in [-0.2, -0.15) is 0 Å². The van der Waals surface area contributed by atoms with Crippen LogP contribution in [0.1, 0.15) is 0 Å². The number of imidazole rings is 2. The van der Waals surface area contributed by atoms with Gasteiger partial charge >= 0.3 is 0 Å². The number of halogens is 2. The molecule has 6 rings (SSSR count). The highest BCUT2D eigenvalue weighted by Crippen LogP contribution is 2.36. The van der Waals surface area contributed by atoms with Crippen molar-refractivity contribution in [2.45, 2.75) is 10.3 Å². The molecular formula is C28H20F2N4S2. The zero-order chi connectivity index (χ0) is 24.8. The Kier molecular flexibility index (Phi) is 5.78. The summed E-state index contributed by atoms with van der Waals surface area (Å²) in [7, 11) is 0. The van der Waals surface area contributed by atoms with Crippen molar-refractivity contribution >= 4 is 45.6 Å². The van der Waals surface area contributed by atoms with Gasteiger partial charge < -0.3 is 0 Å². The van der Waals surface area contributed by atoms with Crippen molar-refractivity contribution in [3.8, 4) is 22.5 Å². The molecule has 0 spiro atoms. The molecule has 0 N–H and O–H groups in total. The Morgan fingerprint density at radius 3 is 1.69 bits per heavy atom. The Morgan fingerprint density at radius 2 is 1.14 bits per heavy atom. The lowest BCUT2D eigenvalue weighted by Gasteiger charge is -2.18. The molecule has 178 valence electrons. The maximum absolute atomic E-state index is 14.4. The third-order valence-electron chi connectivity index (χ3n) is 6.10. The van der Waals surface area contributed by atoms with Gasteiger partial charge in [-0.1, -0.05) is 59.9 Å². The number of nitrogens with zero attached hydrogens (tertiary/aromatic N) is 4. The topological polar surface area (TPSA) is 35.6 Å². The molecule has 0 aliphatic heterocycles. The SMILES string of the molecule is CSc1nc2ccc(F)cc2n1-c1ccc(-c2ccccc2)cc1-n1c(SC)nc2ccc(F)cc21. The van der Waals surface area contributed by atoms with Gasteiger partial charge in [0.15, 0.2) is 10.3 Å². The van der Waals surface area contributed by atoms with Crippen LogP contribution in [0.4, 0.5) is 8.78 Å². The third kappa shape index (κ3) is 3.77. The van der Waals surface area contributed by atoms with Crippen molar-refractivity contribution in [3.05, 3.63) is 96.6 Å². The van der Waals surface area contributed by atoms with Crippen molar-refractivity contribution in [2.24, 2.45) is 0 Å². The fraction of sp³-hybridized carbons (Fsp3) is 0.0714. The molecule has 6 aromatic rings. The highest BCUT2D eigenvalue weighted by atomic mass is 32.2. The first kappa shape index (κ1) is 22.8. The minimum atomic E-state index is -0.336. The molecule has 36 heavy (non-hydrogen) atoms. The minimum Gasteiger partial charge on any atom is -0.285 e. The van der Waals surface area contributed by atoms with E-state index in [1.807, 2.05) is 52.0 Å². The fourth-order valence-corrected chi connectivity index (χ4v) is 5.63. The number of fused-ring (bicyclic) bond motifs is 2. The Hall–Kier alpha value is -3.62. The fourth-order valence-electron chi connectivity index (χ4n) is 4.49. The second-order valence-corrected chi connectivity index (χ2v) is 9.75. The number of thioether (sulfide) groups is 2.